The van der Waals surface area contributed by atoms with E-state index in [2.05, 4.69) is 37.2 Å². The molecule has 0 aliphatic carbocycles. The fraction of sp³-hybridized carbons (Fsp3) is 0.133. The number of ether oxygens (including phenoxy) is 2. The van der Waals surface area contributed by atoms with Gasteiger partial charge in [0.15, 0.2) is 11.5 Å². The second kappa shape index (κ2) is 6.07. The highest BCUT2D eigenvalue weighted by atomic mass is 79.9. The highest BCUT2D eigenvalue weighted by molar-refractivity contribution is 9.11. The van der Waals surface area contributed by atoms with Crippen molar-refractivity contribution >= 4 is 43.5 Å². The van der Waals surface area contributed by atoms with Crippen LogP contribution >= 0.6 is 31.9 Å². The van der Waals surface area contributed by atoms with Crippen molar-refractivity contribution in [3.8, 4) is 11.5 Å². The summed E-state index contributed by atoms with van der Waals surface area (Å²) in [6.07, 6.45) is 0. The monoisotopic (exact) mass is 411 g/mol. The second-order valence-electron chi connectivity index (χ2n) is 4.47. The van der Waals surface area contributed by atoms with Gasteiger partial charge in [0.25, 0.3) is 5.91 Å². The van der Waals surface area contributed by atoms with Crippen LogP contribution in [0.2, 0.25) is 0 Å². The smallest absolute Gasteiger partial charge is 0.255 e. The number of benzene rings is 2. The van der Waals surface area contributed by atoms with Crippen LogP contribution in [-0.4, -0.2) is 19.1 Å². The number of fused-ring (bicyclic) bond motifs is 1. The summed E-state index contributed by atoms with van der Waals surface area (Å²) < 4.78 is 12.6. The summed E-state index contributed by atoms with van der Waals surface area (Å²) in [5.74, 6) is 1.16. The van der Waals surface area contributed by atoms with Gasteiger partial charge in [0.05, 0.1) is 0 Å². The number of nitrogens with one attached hydrogen (secondary N) is 1. The van der Waals surface area contributed by atoms with Gasteiger partial charge >= 0.3 is 0 Å². The summed E-state index contributed by atoms with van der Waals surface area (Å²) in [5, 5.41) is 2.85. The molecule has 1 N–H and O–H groups in total. The Kier molecular flexibility index (Phi) is 4.17. The number of anilines is 1. The number of hydrogen-bond donors (Lipinski definition) is 1. The third kappa shape index (κ3) is 3.39. The lowest BCUT2D eigenvalue weighted by Gasteiger charge is -2.19. The Morgan fingerprint density at radius 2 is 1.62 bits per heavy atom. The van der Waals surface area contributed by atoms with Gasteiger partial charge in [-0.05, 0) is 30.3 Å². The summed E-state index contributed by atoms with van der Waals surface area (Å²) >= 11 is 6.74. The van der Waals surface area contributed by atoms with E-state index in [9.17, 15) is 4.79 Å². The van der Waals surface area contributed by atoms with E-state index in [4.69, 9.17) is 9.47 Å². The second-order valence-corrected chi connectivity index (χ2v) is 6.30. The molecule has 3 rings (SSSR count). The van der Waals surface area contributed by atoms with E-state index in [1.54, 1.807) is 30.3 Å². The van der Waals surface area contributed by atoms with E-state index in [0.717, 1.165) is 8.95 Å². The van der Waals surface area contributed by atoms with Crippen molar-refractivity contribution in [2.45, 2.75) is 0 Å². The predicted octanol–water partition coefficient (Wildman–Crippen LogP) is 4.24. The van der Waals surface area contributed by atoms with Gasteiger partial charge in [-0.3, -0.25) is 4.79 Å². The van der Waals surface area contributed by atoms with Crippen molar-refractivity contribution in [3.63, 3.8) is 0 Å². The number of hydrogen-bond acceptors (Lipinski definition) is 3. The zero-order valence-electron chi connectivity index (χ0n) is 10.9. The van der Waals surface area contributed by atoms with Gasteiger partial charge in [0.2, 0.25) is 0 Å². The zero-order chi connectivity index (χ0) is 14.8. The molecule has 108 valence electrons. The minimum Gasteiger partial charge on any atom is -0.486 e. The predicted molar refractivity (Wildman–Crippen MR) is 87.2 cm³/mol. The zero-order valence-corrected chi connectivity index (χ0v) is 14.0. The van der Waals surface area contributed by atoms with E-state index in [1.165, 1.54) is 0 Å². The van der Waals surface area contributed by atoms with Crippen LogP contribution in [0.1, 0.15) is 10.4 Å². The topological polar surface area (TPSA) is 47.6 Å². The van der Waals surface area contributed by atoms with Gasteiger partial charge in [-0.25, -0.2) is 0 Å². The molecule has 6 heteroatoms. The van der Waals surface area contributed by atoms with Crippen molar-refractivity contribution in [2.75, 3.05) is 18.5 Å². The van der Waals surface area contributed by atoms with Crippen LogP contribution in [0.15, 0.2) is 45.3 Å². The van der Waals surface area contributed by atoms with Crippen molar-refractivity contribution in [2.24, 2.45) is 0 Å². The Hall–Kier alpha value is -1.53. The Bertz CT molecular complexity index is 683. The number of carbonyl (C=O) groups excluding carboxylic acids is 1. The molecule has 0 aromatic heterocycles. The molecule has 0 saturated carbocycles. The summed E-state index contributed by atoms with van der Waals surface area (Å²) in [5.41, 5.74) is 1.23. The molecule has 2 aromatic carbocycles. The number of carbonyl (C=O) groups is 1. The Balaban J connectivity index is 1.81. The molecule has 2 aromatic rings. The molecule has 1 heterocycles. The van der Waals surface area contributed by atoms with Crippen LogP contribution in [0, 0.1) is 0 Å². The van der Waals surface area contributed by atoms with Gasteiger partial charge in [0, 0.05) is 26.3 Å². The molecule has 0 unspecified atom stereocenters. The quantitative estimate of drug-likeness (QED) is 0.802. The minimum atomic E-state index is -0.186. The van der Waals surface area contributed by atoms with Crippen LogP contribution in [0.3, 0.4) is 0 Å². The molecule has 0 atom stereocenters. The first-order valence-corrected chi connectivity index (χ1v) is 7.87. The molecule has 0 fully saturated rings. The molecule has 1 aliphatic heterocycles. The number of halogens is 2. The first-order chi connectivity index (χ1) is 10.1. The summed E-state index contributed by atoms with van der Waals surface area (Å²) in [4.78, 5) is 12.3. The SMILES string of the molecule is O=C(Nc1ccc2c(c1)OCCO2)c1cc(Br)cc(Br)c1. The lowest BCUT2D eigenvalue weighted by molar-refractivity contribution is 0.102. The number of rotatable bonds is 2. The van der Waals surface area contributed by atoms with Gasteiger partial charge in [-0.2, -0.15) is 0 Å². The van der Waals surface area contributed by atoms with Gasteiger partial charge in [-0.1, -0.05) is 31.9 Å². The average Bonchev–Trinajstić information content (AvgIpc) is 2.46. The van der Waals surface area contributed by atoms with E-state index in [0.29, 0.717) is 36.0 Å². The molecule has 21 heavy (non-hydrogen) atoms. The standard InChI is InChI=1S/C15H11Br2NO3/c16-10-5-9(6-11(17)7-10)15(19)18-12-1-2-13-14(8-12)21-4-3-20-13/h1-2,5-8H,3-4H2,(H,18,19). The van der Waals surface area contributed by atoms with E-state index >= 15 is 0 Å². The molecular weight excluding hydrogens is 402 g/mol. The normalized spacial score (nSPS) is 12.9. The Morgan fingerprint density at radius 1 is 0.952 bits per heavy atom. The van der Waals surface area contributed by atoms with Crippen molar-refractivity contribution in [1.82, 2.24) is 0 Å². The third-order valence-corrected chi connectivity index (χ3v) is 3.84. The fourth-order valence-corrected chi connectivity index (χ4v) is 3.30. The van der Waals surface area contributed by atoms with E-state index in [1.807, 2.05) is 6.07 Å². The molecule has 0 saturated heterocycles. The molecule has 4 nitrogen and oxygen atoms in total. The van der Waals surface area contributed by atoms with E-state index < -0.39 is 0 Å². The van der Waals surface area contributed by atoms with Crippen molar-refractivity contribution in [3.05, 3.63) is 50.9 Å². The van der Waals surface area contributed by atoms with Crippen LogP contribution < -0.4 is 14.8 Å². The average molecular weight is 413 g/mol. The molecular formula is C15H11Br2NO3. The molecule has 0 radical (unpaired) electrons. The Morgan fingerprint density at radius 3 is 2.33 bits per heavy atom. The van der Waals surface area contributed by atoms with Crippen molar-refractivity contribution < 1.29 is 14.3 Å². The first kappa shape index (κ1) is 14.4. The van der Waals surface area contributed by atoms with Crippen LogP contribution in [0.4, 0.5) is 5.69 Å². The molecule has 1 aliphatic rings. The number of amides is 1. The molecule has 1 amide bonds. The first-order valence-electron chi connectivity index (χ1n) is 6.29. The van der Waals surface area contributed by atoms with Crippen LogP contribution in [0.25, 0.3) is 0 Å². The fourth-order valence-electron chi connectivity index (χ4n) is 2.01. The molecule has 0 spiro atoms. The lowest BCUT2D eigenvalue weighted by atomic mass is 10.2. The van der Waals surface area contributed by atoms with Gasteiger partial charge in [0.1, 0.15) is 13.2 Å². The van der Waals surface area contributed by atoms with Gasteiger partial charge in [-0.15, -0.1) is 0 Å². The maximum Gasteiger partial charge on any atom is 0.255 e. The highest BCUT2D eigenvalue weighted by Crippen LogP contribution is 2.32. The third-order valence-electron chi connectivity index (χ3n) is 2.92. The lowest BCUT2D eigenvalue weighted by Crippen LogP contribution is -2.16. The maximum absolute atomic E-state index is 12.3. The Labute approximate surface area is 138 Å². The largest absolute Gasteiger partial charge is 0.486 e. The van der Waals surface area contributed by atoms with Crippen molar-refractivity contribution in [1.29, 1.82) is 0 Å². The summed E-state index contributed by atoms with van der Waals surface area (Å²) in [6, 6.07) is 10.7. The highest BCUT2D eigenvalue weighted by Gasteiger charge is 2.13. The van der Waals surface area contributed by atoms with Gasteiger partial charge < -0.3 is 14.8 Å². The molecule has 0 bridgehead atoms. The summed E-state index contributed by atoms with van der Waals surface area (Å²) in [7, 11) is 0. The maximum atomic E-state index is 12.3. The van der Waals surface area contributed by atoms with E-state index in [-0.39, 0.29) is 5.91 Å². The van der Waals surface area contributed by atoms with Crippen LogP contribution in [-0.2, 0) is 0 Å². The minimum absolute atomic E-state index is 0.186. The summed E-state index contributed by atoms with van der Waals surface area (Å²) in [6.45, 7) is 1.06. The van der Waals surface area contributed by atoms with Crippen LogP contribution in [0.5, 0.6) is 11.5 Å².